The molecule has 3 saturated carbocycles. The fourth-order valence-electron chi connectivity index (χ4n) is 13.1. The summed E-state index contributed by atoms with van der Waals surface area (Å²) >= 11 is 0. The summed E-state index contributed by atoms with van der Waals surface area (Å²) in [5.74, 6) is 7.39. The van der Waals surface area contributed by atoms with Crippen LogP contribution in [0.25, 0.3) is 0 Å². The predicted molar refractivity (Wildman–Crippen MR) is 173 cm³/mol. The molecule has 0 aromatic carbocycles. The van der Waals surface area contributed by atoms with E-state index >= 15 is 0 Å². The van der Waals surface area contributed by atoms with Gasteiger partial charge in [-0.1, -0.05) is 73.0 Å². The number of hydrogen-bond acceptors (Lipinski definition) is 3. The SMILES string of the molecule is CC1CCN2C3C=C(C4N[C@@H](CC(C)C(C)C)[C@H]5CCC(C)(C)CC45)C3C3CCC4C5CCCC[C@H]5OC4[C@@]3(C)C2C1. The lowest BCUT2D eigenvalue weighted by Crippen LogP contribution is -2.73. The fourth-order valence-corrected chi connectivity index (χ4v) is 13.1. The summed E-state index contributed by atoms with van der Waals surface area (Å²) in [5.41, 5.74) is 2.67. The largest absolute Gasteiger partial charge is 0.374 e. The molecule has 8 aliphatic rings. The van der Waals surface area contributed by atoms with E-state index < -0.39 is 0 Å². The van der Waals surface area contributed by atoms with Crippen LogP contribution < -0.4 is 5.32 Å². The Kier molecular flexibility index (Phi) is 7.14. The highest BCUT2D eigenvalue weighted by Crippen LogP contribution is 2.66. The maximum atomic E-state index is 7.33. The van der Waals surface area contributed by atoms with Gasteiger partial charge in [0, 0.05) is 35.5 Å². The average Bonchev–Trinajstić information content (AvgIpc) is 3.48. The molecule has 0 spiro atoms. The van der Waals surface area contributed by atoms with Gasteiger partial charge in [0.05, 0.1) is 12.2 Å². The van der Waals surface area contributed by atoms with Crippen molar-refractivity contribution in [2.24, 2.45) is 64.1 Å². The Morgan fingerprint density at radius 1 is 0.952 bits per heavy atom. The van der Waals surface area contributed by atoms with E-state index in [1.54, 1.807) is 0 Å². The summed E-state index contributed by atoms with van der Waals surface area (Å²) in [6.07, 6.45) is 20.9. The molecule has 4 saturated heterocycles. The van der Waals surface area contributed by atoms with Crippen molar-refractivity contribution in [1.82, 2.24) is 10.2 Å². The first-order valence-electron chi connectivity index (χ1n) is 19.0. The molecule has 3 nitrogen and oxygen atoms in total. The van der Waals surface area contributed by atoms with Gasteiger partial charge in [-0.05, 0) is 124 Å². The van der Waals surface area contributed by atoms with Crippen molar-refractivity contribution in [3.05, 3.63) is 11.6 Å². The molecule has 15 atom stereocenters. The lowest BCUT2D eigenvalue weighted by molar-refractivity contribution is -0.197. The molecule has 4 aliphatic carbocycles. The van der Waals surface area contributed by atoms with Crippen molar-refractivity contribution < 1.29 is 4.74 Å². The van der Waals surface area contributed by atoms with Gasteiger partial charge in [-0.15, -0.1) is 0 Å². The normalized spacial score (nSPS) is 53.5. The third-order valence-corrected chi connectivity index (χ3v) is 15.7. The van der Waals surface area contributed by atoms with Crippen molar-refractivity contribution in [2.75, 3.05) is 6.54 Å². The Bertz CT molecular complexity index is 1060. The number of piperidine rings is 2. The molecule has 42 heavy (non-hydrogen) atoms. The van der Waals surface area contributed by atoms with Gasteiger partial charge in [0.1, 0.15) is 0 Å². The van der Waals surface area contributed by atoms with Crippen LogP contribution in [-0.4, -0.2) is 47.8 Å². The Hall–Kier alpha value is -0.380. The topological polar surface area (TPSA) is 24.5 Å². The standard InChI is InChI=1S/C39H64N2O/c1-22(2)24(4)19-31-25-14-16-38(5,6)21-29(25)36(40-31)28-20-32-35(28)30-13-12-27-26-10-8-9-11-33(26)42-37(27)39(30,7)34-18-23(3)15-17-41(32)34/h20,22-27,29-37,40H,8-19,21H2,1-7H3/t23?,24?,25-,26?,27?,29?,30?,31-,32?,33+,34?,35?,36?,37?,39+/m0/s1. The lowest BCUT2D eigenvalue weighted by atomic mass is 9.45. The van der Waals surface area contributed by atoms with Crippen molar-refractivity contribution in [3.63, 3.8) is 0 Å². The zero-order chi connectivity index (χ0) is 29.1. The van der Waals surface area contributed by atoms with Crippen LogP contribution in [0.2, 0.25) is 0 Å². The zero-order valence-electron chi connectivity index (χ0n) is 28.3. The molecule has 11 unspecified atom stereocenters. The summed E-state index contributed by atoms with van der Waals surface area (Å²) in [7, 11) is 0. The molecule has 0 aromatic heterocycles. The predicted octanol–water partition coefficient (Wildman–Crippen LogP) is 8.48. The van der Waals surface area contributed by atoms with E-state index in [-0.39, 0.29) is 0 Å². The third-order valence-electron chi connectivity index (χ3n) is 15.7. The highest BCUT2D eigenvalue weighted by atomic mass is 16.5. The van der Waals surface area contributed by atoms with Gasteiger partial charge in [-0.3, -0.25) is 4.90 Å². The van der Waals surface area contributed by atoms with Gasteiger partial charge in [-0.2, -0.15) is 0 Å². The van der Waals surface area contributed by atoms with Gasteiger partial charge in [0.25, 0.3) is 0 Å². The maximum absolute atomic E-state index is 7.33. The van der Waals surface area contributed by atoms with E-state index in [0.717, 1.165) is 59.3 Å². The summed E-state index contributed by atoms with van der Waals surface area (Å²) in [4.78, 5) is 3.06. The highest BCUT2D eigenvalue weighted by molar-refractivity contribution is 5.39. The van der Waals surface area contributed by atoms with Crippen molar-refractivity contribution in [3.8, 4) is 0 Å². The number of nitrogens with zero attached hydrogens (tertiary/aromatic N) is 1. The Morgan fingerprint density at radius 3 is 2.57 bits per heavy atom. The second-order valence-electron chi connectivity index (χ2n) is 18.8. The second kappa shape index (κ2) is 10.3. The molecule has 0 amide bonds. The van der Waals surface area contributed by atoms with Crippen LogP contribution in [0.5, 0.6) is 0 Å². The molecular formula is C39H64N2O. The van der Waals surface area contributed by atoms with E-state index in [4.69, 9.17) is 4.74 Å². The van der Waals surface area contributed by atoms with E-state index in [0.29, 0.717) is 41.2 Å². The van der Waals surface area contributed by atoms with Crippen molar-refractivity contribution >= 4 is 0 Å². The number of ether oxygens (including phenoxy) is 1. The summed E-state index contributed by atoms with van der Waals surface area (Å²) in [5, 5.41) is 4.45. The molecule has 3 heteroatoms. The maximum Gasteiger partial charge on any atom is 0.0682 e. The van der Waals surface area contributed by atoms with Crippen LogP contribution in [-0.2, 0) is 4.74 Å². The third kappa shape index (κ3) is 4.27. The van der Waals surface area contributed by atoms with Gasteiger partial charge in [-0.25, -0.2) is 0 Å². The first-order chi connectivity index (χ1) is 20.1. The molecule has 8 rings (SSSR count). The van der Waals surface area contributed by atoms with E-state index in [9.17, 15) is 0 Å². The number of hydrogen-bond donors (Lipinski definition) is 1. The first-order valence-corrected chi connectivity index (χ1v) is 19.0. The van der Waals surface area contributed by atoms with Gasteiger partial charge in [0.15, 0.2) is 0 Å². The van der Waals surface area contributed by atoms with Gasteiger partial charge in [0.2, 0.25) is 0 Å². The number of nitrogens with one attached hydrogen (secondary N) is 1. The number of fused-ring (bicyclic) bond motifs is 11. The summed E-state index contributed by atoms with van der Waals surface area (Å²) in [6, 6.07) is 2.75. The minimum absolute atomic E-state index is 0.311. The lowest BCUT2D eigenvalue weighted by Gasteiger charge is -2.68. The highest BCUT2D eigenvalue weighted by Gasteiger charge is 2.68. The molecule has 4 heterocycles. The molecule has 236 valence electrons. The molecule has 1 N–H and O–H groups in total. The molecule has 4 aliphatic heterocycles. The molecule has 0 radical (unpaired) electrons. The fraction of sp³-hybridized carbons (Fsp3) is 0.949. The monoisotopic (exact) mass is 577 g/mol. The van der Waals surface area contributed by atoms with Crippen LogP contribution in [0.3, 0.4) is 0 Å². The minimum atomic E-state index is 0.311. The Balaban J connectivity index is 1.14. The molecular weight excluding hydrogens is 512 g/mol. The van der Waals surface area contributed by atoms with E-state index in [2.05, 4.69) is 64.8 Å². The first kappa shape index (κ1) is 29.1. The van der Waals surface area contributed by atoms with Crippen LogP contribution in [0, 0.1) is 64.1 Å². The van der Waals surface area contributed by atoms with Crippen LogP contribution in [0.15, 0.2) is 11.6 Å². The second-order valence-corrected chi connectivity index (χ2v) is 18.8. The molecule has 0 bridgehead atoms. The van der Waals surface area contributed by atoms with Crippen LogP contribution >= 0.6 is 0 Å². The van der Waals surface area contributed by atoms with Crippen LogP contribution in [0.4, 0.5) is 0 Å². The van der Waals surface area contributed by atoms with Gasteiger partial charge >= 0.3 is 0 Å². The summed E-state index contributed by atoms with van der Waals surface area (Å²) in [6.45, 7) is 19.2. The van der Waals surface area contributed by atoms with Crippen molar-refractivity contribution in [1.29, 1.82) is 0 Å². The van der Waals surface area contributed by atoms with E-state index in [1.807, 2.05) is 5.57 Å². The minimum Gasteiger partial charge on any atom is -0.374 e. The molecule has 0 aromatic rings. The number of rotatable bonds is 4. The van der Waals surface area contributed by atoms with E-state index in [1.165, 1.54) is 83.6 Å². The van der Waals surface area contributed by atoms with Crippen LogP contribution in [0.1, 0.15) is 126 Å². The Labute approximate surface area is 258 Å². The van der Waals surface area contributed by atoms with Gasteiger partial charge < -0.3 is 10.1 Å². The molecule has 7 fully saturated rings. The smallest absolute Gasteiger partial charge is 0.0682 e. The van der Waals surface area contributed by atoms with Crippen molar-refractivity contribution in [2.45, 2.75) is 162 Å². The average molecular weight is 577 g/mol. The quantitative estimate of drug-likeness (QED) is 0.340. The summed E-state index contributed by atoms with van der Waals surface area (Å²) < 4.78 is 7.33. The zero-order valence-corrected chi connectivity index (χ0v) is 28.3. The Morgan fingerprint density at radius 2 is 1.76 bits per heavy atom.